The first-order valence-corrected chi connectivity index (χ1v) is 5.20. The molecule has 1 aliphatic heterocycles. The van der Waals surface area contributed by atoms with Crippen LogP contribution in [0.5, 0.6) is 0 Å². The summed E-state index contributed by atoms with van der Waals surface area (Å²) in [5, 5.41) is 20.0. The van der Waals surface area contributed by atoms with Crippen molar-refractivity contribution in [1.29, 1.82) is 0 Å². The lowest BCUT2D eigenvalue weighted by atomic mass is 10.1. The molecule has 0 amide bonds. The number of hydrogen-bond donors (Lipinski definition) is 1. The second-order valence-electron chi connectivity index (χ2n) is 3.87. The molecular formula is C10H13N3O3. The van der Waals surface area contributed by atoms with Gasteiger partial charge in [-0.2, -0.15) is 0 Å². The Balaban J connectivity index is 2.11. The largest absolute Gasteiger partial charge is 0.391 e. The second kappa shape index (κ2) is 4.44. The van der Waals surface area contributed by atoms with E-state index >= 15 is 0 Å². The van der Waals surface area contributed by atoms with E-state index < -0.39 is 4.92 Å². The minimum atomic E-state index is -0.470. The summed E-state index contributed by atoms with van der Waals surface area (Å²) in [6.45, 7) is 1.38. The van der Waals surface area contributed by atoms with Crippen molar-refractivity contribution in [1.82, 2.24) is 4.98 Å². The molecular weight excluding hydrogens is 210 g/mol. The van der Waals surface area contributed by atoms with Gasteiger partial charge in [-0.3, -0.25) is 10.1 Å². The van der Waals surface area contributed by atoms with Crippen molar-refractivity contribution < 1.29 is 10.0 Å². The highest BCUT2D eigenvalue weighted by atomic mass is 16.6. The average Bonchev–Trinajstić information content (AvgIpc) is 2.29. The van der Waals surface area contributed by atoms with E-state index in [2.05, 4.69) is 4.98 Å². The van der Waals surface area contributed by atoms with Crippen LogP contribution in [0.1, 0.15) is 12.8 Å². The van der Waals surface area contributed by atoms with Crippen LogP contribution >= 0.6 is 0 Å². The number of piperidine rings is 1. The van der Waals surface area contributed by atoms with Crippen molar-refractivity contribution in [3.8, 4) is 0 Å². The highest BCUT2D eigenvalue weighted by Gasteiger charge is 2.19. The summed E-state index contributed by atoms with van der Waals surface area (Å²) in [7, 11) is 0. The Bertz CT molecular complexity index is 379. The monoisotopic (exact) mass is 223 g/mol. The van der Waals surface area contributed by atoms with Crippen molar-refractivity contribution in [2.24, 2.45) is 0 Å². The van der Waals surface area contributed by atoms with Crippen LogP contribution in [0, 0.1) is 10.1 Å². The standard InChI is InChI=1S/C10H13N3O3/c14-9-2-1-5-12(7-9)10-4-3-8(6-11-10)13(15)16/h3-4,6,9,14H,1-2,5,7H2/t9-/m1/s1. The molecule has 1 fully saturated rings. The minimum Gasteiger partial charge on any atom is -0.391 e. The van der Waals surface area contributed by atoms with E-state index in [1.807, 2.05) is 4.90 Å². The Morgan fingerprint density at radius 1 is 1.56 bits per heavy atom. The predicted octanol–water partition coefficient (Wildman–Crippen LogP) is 0.951. The molecule has 0 radical (unpaired) electrons. The maximum atomic E-state index is 10.5. The van der Waals surface area contributed by atoms with Crippen molar-refractivity contribution >= 4 is 11.5 Å². The smallest absolute Gasteiger partial charge is 0.287 e. The van der Waals surface area contributed by atoms with E-state index in [0.717, 1.165) is 19.4 Å². The van der Waals surface area contributed by atoms with Crippen LogP contribution in [-0.2, 0) is 0 Å². The first-order valence-electron chi connectivity index (χ1n) is 5.20. The van der Waals surface area contributed by atoms with Crippen molar-refractivity contribution in [2.75, 3.05) is 18.0 Å². The van der Waals surface area contributed by atoms with Crippen LogP contribution in [-0.4, -0.2) is 34.2 Å². The van der Waals surface area contributed by atoms with Gasteiger partial charge in [-0.05, 0) is 18.9 Å². The van der Waals surface area contributed by atoms with E-state index in [1.54, 1.807) is 6.07 Å². The van der Waals surface area contributed by atoms with Crippen LogP contribution < -0.4 is 4.90 Å². The quantitative estimate of drug-likeness (QED) is 0.596. The zero-order chi connectivity index (χ0) is 11.5. The predicted molar refractivity (Wildman–Crippen MR) is 58.3 cm³/mol. The molecule has 16 heavy (non-hydrogen) atoms. The zero-order valence-corrected chi connectivity index (χ0v) is 8.74. The lowest BCUT2D eigenvalue weighted by Crippen LogP contribution is -2.38. The van der Waals surface area contributed by atoms with Gasteiger partial charge in [-0.25, -0.2) is 4.98 Å². The summed E-state index contributed by atoms with van der Waals surface area (Å²) < 4.78 is 0. The first kappa shape index (κ1) is 10.8. The number of nitrogens with zero attached hydrogens (tertiary/aromatic N) is 3. The number of hydrogen-bond acceptors (Lipinski definition) is 5. The maximum Gasteiger partial charge on any atom is 0.287 e. The summed E-state index contributed by atoms with van der Waals surface area (Å²) in [5.41, 5.74) is -0.0127. The molecule has 1 saturated heterocycles. The molecule has 0 aromatic carbocycles. The molecule has 1 atom stereocenters. The number of pyridine rings is 1. The van der Waals surface area contributed by atoms with Crippen molar-refractivity contribution in [3.63, 3.8) is 0 Å². The second-order valence-corrected chi connectivity index (χ2v) is 3.87. The Hall–Kier alpha value is -1.69. The van der Waals surface area contributed by atoms with Gasteiger partial charge in [-0.15, -0.1) is 0 Å². The van der Waals surface area contributed by atoms with Gasteiger partial charge in [0, 0.05) is 19.2 Å². The fourth-order valence-electron chi connectivity index (χ4n) is 1.84. The van der Waals surface area contributed by atoms with Crippen LogP contribution in [0.15, 0.2) is 18.3 Å². The van der Waals surface area contributed by atoms with E-state index in [1.165, 1.54) is 12.3 Å². The zero-order valence-electron chi connectivity index (χ0n) is 8.74. The molecule has 2 heterocycles. The third-order valence-corrected chi connectivity index (χ3v) is 2.66. The van der Waals surface area contributed by atoms with E-state index in [-0.39, 0.29) is 11.8 Å². The molecule has 0 unspecified atom stereocenters. The van der Waals surface area contributed by atoms with Gasteiger partial charge in [0.2, 0.25) is 0 Å². The Morgan fingerprint density at radius 3 is 2.94 bits per heavy atom. The average molecular weight is 223 g/mol. The number of aliphatic hydroxyl groups excluding tert-OH is 1. The van der Waals surface area contributed by atoms with Crippen molar-refractivity contribution in [2.45, 2.75) is 18.9 Å². The molecule has 1 aliphatic rings. The normalized spacial score (nSPS) is 20.8. The van der Waals surface area contributed by atoms with Gasteiger partial charge < -0.3 is 10.0 Å². The number of aromatic nitrogens is 1. The van der Waals surface area contributed by atoms with Gasteiger partial charge in [0.15, 0.2) is 0 Å². The van der Waals surface area contributed by atoms with E-state index in [9.17, 15) is 15.2 Å². The summed E-state index contributed by atoms with van der Waals surface area (Å²) in [5.74, 6) is 0.685. The Labute approximate surface area is 92.7 Å². The van der Waals surface area contributed by atoms with Crippen LogP contribution in [0.25, 0.3) is 0 Å². The molecule has 6 heteroatoms. The fourth-order valence-corrected chi connectivity index (χ4v) is 1.84. The van der Waals surface area contributed by atoms with Crippen LogP contribution in [0.4, 0.5) is 11.5 Å². The molecule has 0 aliphatic carbocycles. The SMILES string of the molecule is O=[N+]([O-])c1ccc(N2CCC[C@@H](O)C2)nc1. The van der Waals surface area contributed by atoms with Crippen LogP contribution in [0.3, 0.4) is 0 Å². The third-order valence-electron chi connectivity index (χ3n) is 2.66. The molecule has 0 bridgehead atoms. The third kappa shape index (κ3) is 2.27. The summed E-state index contributed by atoms with van der Waals surface area (Å²) >= 11 is 0. The molecule has 2 rings (SSSR count). The van der Waals surface area contributed by atoms with Gasteiger partial charge in [-0.1, -0.05) is 0 Å². The first-order chi connectivity index (χ1) is 7.66. The van der Waals surface area contributed by atoms with Gasteiger partial charge in [0.05, 0.1) is 11.0 Å². The lowest BCUT2D eigenvalue weighted by molar-refractivity contribution is -0.385. The van der Waals surface area contributed by atoms with Gasteiger partial charge >= 0.3 is 0 Å². The van der Waals surface area contributed by atoms with Gasteiger partial charge in [0.25, 0.3) is 5.69 Å². The van der Waals surface area contributed by atoms with E-state index in [4.69, 9.17) is 0 Å². The highest BCUT2D eigenvalue weighted by Crippen LogP contribution is 2.19. The molecule has 1 N–H and O–H groups in total. The topological polar surface area (TPSA) is 79.5 Å². The summed E-state index contributed by atoms with van der Waals surface area (Å²) in [6, 6.07) is 3.06. The number of nitro groups is 1. The lowest BCUT2D eigenvalue weighted by Gasteiger charge is -2.30. The molecule has 1 aromatic rings. The number of aliphatic hydroxyl groups is 1. The van der Waals surface area contributed by atoms with E-state index in [0.29, 0.717) is 12.4 Å². The highest BCUT2D eigenvalue weighted by molar-refractivity contribution is 5.43. The Kier molecular flexibility index (Phi) is 3.00. The minimum absolute atomic E-state index is 0.0127. The summed E-state index contributed by atoms with van der Waals surface area (Å²) in [6.07, 6.45) is 2.64. The number of anilines is 1. The molecule has 86 valence electrons. The fraction of sp³-hybridized carbons (Fsp3) is 0.500. The van der Waals surface area contributed by atoms with Crippen molar-refractivity contribution in [3.05, 3.63) is 28.4 Å². The number of rotatable bonds is 2. The summed E-state index contributed by atoms with van der Waals surface area (Å²) in [4.78, 5) is 16.0. The van der Waals surface area contributed by atoms with Crippen LogP contribution in [0.2, 0.25) is 0 Å². The molecule has 6 nitrogen and oxygen atoms in total. The molecule has 1 aromatic heterocycles. The molecule has 0 spiro atoms. The Morgan fingerprint density at radius 2 is 2.38 bits per heavy atom. The number of β-amino-alcohol motifs (C(OH)–C–C–N with tert-alkyl or cyclic N) is 1. The molecule has 0 saturated carbocycles. The van der Waals surface area contributed by atoms with Gasteiger partial charge in [0.1, 0.15) is 12.0 Å². The maximum absolute atomic E-state index is 10.5.